The molecule has 3 aromatic rings. The zero-order chi connectivity index (χ0) is 14.2. The number of aromatic nitrogens is 5. The number of anilines is 1. The van der Waals surface area contributed by atoms with Crippen LogP contribution >= 0.6 is 0 Å². The van der Waals surface area contributed by atoms with Crippen molar-refractivity contribution >= 4 is 11.5 Å². The Kier molecular flexibility index (Phi) is 2.59. The van der Waals surface area contributed by atoms with Crippen molar-refractivity contribution in [1.82, 2.24) is 25.3 Å². The first-order valence-electron chi connectivity index (χ1n) is 6.51. The van der Waals surface area contributed by atoms with Crippen LogP contribution < -0.4 is 14.8 Å². The van der Waals surface area contributed by atoms with Gasteiger partial charge in [0.2, 0.25) is 6.79 Å². The zero-order valence-electron chi connectivity index (χ0n) is 11.2. The quantitative estimate of drug-likeness (QED) is 0.778. The Morgan fingerprint density at radius 2 is 2.10 bits per heavy atom. The van der Waals surface area contributed by atoms with Gasteiger partial charge in [0.15, 0.2) is 17.1 Å². The van der Waals surface area contributed by atoms with Crippen molar-refractivity contribution in [2.75, 3.05) is 12.1 Å². The van der Waals surface area contributed by atoms with E-state index in [1.54, 1.807) is 0 Å². The normalized spacial score (nSPS) is 14.3. The molecule has 21 heavy (non-hydrogen) atoms. The Labute approximate surface area is 119 Å². The highest BCUT2D eigenvalue weighted by Crippen LogP contribution is 2.34. The van der Waals surface area contributed by atoms with Crippen LogP contribution in [-0.4, -0.2) is 32.0 Å². The predicted octanol–water partition coefficient (Wildman–Crippen LogP) is 1.42. The third-order valence-electron chi connectivity index (χ3n) is 3.33. The number of hydrogen-bond donors (Lipinski definition) is 1. The van der Waals surface area contributed by atoms with E-state index in [-0.39, 0.29) is 12.8 Å². The Hall–Kier alpha value is -2.90. The van der Waals surface area contributed by atoms with Crippen molar-refractivity contribution < 1.29 is 9.47 Å². The van der Waals surface area contributed by atoms with Gasteiger partial charge in [-0.15, -0.1) is 14.8 Å². The van der Waals surface area contributed by atoms with Crippen molar-refractivity contribution in [1.29, 1.82) is 0 Å². The molecule has 4 rings (SSSR count). The lowest BCUT2D eigenvalue weighted by Gasteiger charge is -2.15. The molecular formula is C13H12N6O2. The monoisotopic (exact) mass is 284 g/mol. The van der Waals surface area contributed by atoms with Crippen molar-refractivity contribution in [2.24, 2.45) is 0 Å². The Balaban J connectivity index is 1.58. The fraction of sp³-hybridized carbons (Fsp3) is 0.231. The lowest BCUT2D eigenvalue weighted by Crippen LogP contribution is -2.09. The van der Waals surface area contributed by atoms with Gasteiger partial charge in [0.05, 0.1) is 6.04 Å². The molecule has 0 bridgehead atoms. The summed E-state index contributed by atoms with van der Waals surface area (Å²) >= 11 is 0. The van der Waals surface area contributed by atoms with Crippen LogP contribution in [-0.2, 0) is 0 Å². The molecule has 0 saturated carbocycles. The Bertz CT molecular complexity index is 802. The summed E-state index contributed by atoms with van der Waals surface area (Å²) in [7, 11) is 0. The van der Waals surface area contributed by atoms with Crippen molar-refractivity contribution in [3.63, 3.8) is 0 Å². The van der Waals surface area contributed by atoms with E-state index in [9.17, 15) is 0 Å². The molecule has 8 nitrogen and oxygen atoms in total. The van der Waals surface area contributed by atoms with Crippen LogP contribution in [0.25, 0.3) is 5.65 Å². The standard InChI is InChI=1S/C13H12N6O2/c1-8(9-2-3-10-11(6-9)21-7-20-10)14-12-4-5-13-15-17-18-19(13)16-12/h2-6,8H,7H2,1H3,(H,14,16). The van der Waals surface area contributed by atoms with Gasteiger partial charge in [-0.05, 0) is 47.2 Å². The van der Waals surface area contributed by atoms with E-state index in [1.807, 2.05) is 37.3 Å². The van der Waals surface area contributed by atoms with E-state index >= 15 is 0 Å². The minimum absolute atomic E-state index is 0.0564. The molecule has 1 aromatic carbocycles. The minimum atomic E-state index is 0.0564. The lowest BCUT2D eigenvalue weighted by molar-refractivity contribution is 0.174. The predicted molar refractivity (Wildman–Crippen MR) is 73.2 cm³/mol. The molecule has 2 aromatic heterocycles. The van der Waals surface area contributed by atoms with E-state index in [0.29, 0.717) is 11.5 Å². The fourth-order valence-corrected chi connectivity index (χ4v) is 2.21. The number of nitrogens with zero attached hydrogens (tertiary/aromatic N) is 5. The van der Waals surface area contributed by atoms with Gasteiger partial charge in [-0.2, -0.15) is 0 Å². The van der Waals surface area contributed by atoms with Gasteiger partial charge >= 0.3 is 0 Å². The first-order chi connectivity index (χ1) is 10.3. The van der Waals surface area contributed by atoms with Crippen LogP contribution in [0.3, 0.4) is 0 Å². The lowest BCUT2D eigenvalue weighted by atomic mass is 10.1. The summed E-state index contributed by atoms with van der Waals surface area (Å²) < 4.78 is 12.1. The van der Waals surface area contributed by atoms with Crippen LogP contribution in [0.1, 0.15) is 18.5 Å². The maximum atomic E-state index is 5.39. The summed E-state index contributed by atoms with van der Waals surface area (Å²) in [6.45, 7) is 2.32. The maximum absolute atomic E-state index is 5.39. The highest BCUT2D eigenvalue weighted by Gasteiger charge is 2.16. The molecule has 1 aliphatic heterocycles. The van der Waals surface area contributed by atoms with Gasteiger partial charge < -0.3 is 14.8 Å². The second-order valence-corrected chi connectivity index (χ2v) is 4.72. The molecule has 1 atom stereocenters. The summed E-state index contributed by atoms with van der Waals surface area (Å²) in [5, 5.41) is 18.7. The Morgan fingerprint density at radius 3 is 3.05 bits per heavy atom. The fourth-order valence-electron chi connectivity index (χ4n) is 2.21. The number of rotatable bonds is 3. The topological polar surface area (TPSA) is 86.5 Å². The van der Waals surface area contributed by atoms with E-state index in [0.717, 1.165) is 17.1 Å². The minimum Gasteiger partial charge on any atom is -0.454 e. The number of benzene rings is 1. The molecule has 0 spiro atoms. The highest BCUT2D eigenvalue weighted by molar-refractivity contribution is 5.48. The van der Waals surface area contributed by atoms with Crippen LogP contribution in [0.15, 0.2) is 30.3 Å². The second kappa shape index (κ2) is 4.58. The van der Waals surface area contributed by atoms with Gasteiger partial charge in [-0.25, -0.2) is 0 Å². The van der Waals surface area contributed by atoms with Crippen LogP contribution in [0.5, 0.6) is 11.5 Å². The molecule has 1 N–H and O–H groups in total. The number of ether oxygens (including phenoxy) is 2. The van der Waals surface area contributed by atoms with Gasteiger partial charge in [0, 0.05) is 0 Å². The summed E-state index contributed by atoms with van der Waals surface area (Å²) in [5.41, 5.74) is 1.69. The molecule has 8 heteroatoms. The van der Waals surface area contributed by atoms with Gasteiger partial charge in [-0.3, -0.25) is 0 Å². The number of hydrogen-bond acceptors (Lipinski definition) is 7. The van der Waals surface area contributed by atoms with E-state index in [2.05, 4.69) is 25.9 Å². The summed E-state index contributed by atoms with van der Waals surface area (Å²) in [4.78, 5) is 0. The molecule has 3 heterocycles. The third-order valence-corrected chi connectivity index (χ3v) is 3.33. The first-order valence-corrected chi connectivity index (χ1v) is 6.51. The van der Waals surface area contributed by atoms with E-state index < -0.39 is 0 Å². The van der Waals surface area contributed by atoms with E-state index in [1.165, 1.54) is 4.63 Å². The number of tetrazole rings is 1. The molecule has 1 unspecified atom stereocenters. The smallest absolute Gasteiger partial charge is 0.231 e. The van der Waals surface area contributed by atoms with Gasteiger partial charge in [0.25, 0.3) is 0 Å². The SMILES string of the molecule is CC(Nc1ccc2nnnn2n1)c1ccc2c(c1)OCO2. The Morgan fingerprint density at radius 1 is 1.19 bits per heavy atom. The summed E-state index contributed by atoms with van der Waals surface area (Å²) in [6, 6.07) is 9.59. The molecule has 0 fully saturated rings. The largest absolute Gasteiger partial charge is 0.454 e. The average molecular weight is 284 g/mol. The van der Waals surface area contributed by atoms with Crippen LogP contribution in [0.4, 0.5) is 5.82 Å². The summed E-state index contributed by atoms with van der Waals surface area (Å²) in [5.74, 6) is 2.24. The third kappa shape index (κ3) is 2.10. The number of fused-ring (bicyclic) bond motifs is 2. The zero-order valence-corrected chi connectivity index (χ0v) is 11.2. The van der Waals surface area contributed by atoms with Crippen LogP contribution in [0, 0.1) is 0 Å². The molecule has 0 amide bonds. The second-order valence-electron chi connectivity index (χ2n) is 4.72. The highest BCUT2D eigenvalue weighted by atomic mass is 16.7. The maximum Gasteiger partial charge on any atom is 0.231 e. The number of nitrogens with one attached hydrogen (secondary N) is 1. The molecule has 0 saturated heterocycles. The molecule has 106 valence electrons. The molecular weight excluding hydrogens is 272 g/mol. The van der Waals surface area contributed by atoms with Crippen molar-refractivity contribution in [3.05, 3.63) is 35.9 Å². The van der Waals surface area contributed by atoms with Crippen LogP contribution in [0.2, 0.25) is 0 Å². The molecule has 0 radical (unpaired) electrons. The molecule has 0 aliphatic carbocycles. The van der Waals surface area contributed by atoms with E-state index in [4.69, 9.17) is 9.47 Å². The average Bonchev–Trinajstić information content (AvgIpc) is 3.14. The van der Waals surface area contributed by atoms with Crippen molar-refractivity contribution in [2.45, 2.75) is 13.0 Å². The van der Waals surface area contributed by atoms with Gasteiger partial charge in [-0.1, -0.05) is 6.07 Å². The van der Waals surface area contributed by atoms with Crippen molar-refractivity contribution in [3.8, 4) is 11.5 Å². The summed E-state index contributed by atoms with van der Waals surface area (Å²) in [6.07, 6.45) is 0. The molecule has 1 aliphatic rings. The first kappa shape index (κ1) is 11.9. The van der Waals surface area contributed by atoms with Gasteiger partial charge in [0.1, 0.15) is 5.82 Å².